The third-order valence-electron chi connectivity index (χ3n) is 4.86. The van der Waals surface area contributed by atoms with Gasteiger partial charge in [0.2, 0.25) is 0 Å². The average Bonchev–Trinajstić information content (AvgIpc) is 2.80. The molecule has 33 heavy (non-hydrogen) atoms. The summed E-state index contributed by atoms with van der Waals surface area (Å²) >= 11 is 6.18. The van der Waals surface area contributed by atoms with Crippen LogP contribution in [0.5, 0.6) is 5.75 Å². The third-order valence-corrected chi connectivity index (χ3v) is 6.97. The number of benzene rings is 3. The molecule has 0 aliphatic heterocycles. The number of anilines is 2. The van der Waals surface area contributed by atoms with Gasteiger partial charge in [0.1, 0.15) is 11.6 Å². The largest absolute Gasteiger partial charge is 0.497 e. The molecular formula is C24H22ClFN2O4S. The Morgan fingerprint density at radius 3 is 2.45 bits per heavy atom. The second kappa shape index (κ2) is 10.1. The Labute approximate surface area is 197 Å². The highest BCUT2D eigenvalue weighted by atomic mass is 35.5. The number of carbonyl (C=O) groups excluding carboxylic acids is 1. The molecule has 0 radical (unpaired) electrons. The molecule has 3 aromatic carbocycles. The Morgan fingerprint density at radius 2 is 1.85 bits per heavy atom. The minimum atomic E-state index is -4.07. The van der Waals surface area contributed by atoms with Gasteiger partial charge in [0.05, 0.1) is 34.8 Å². The lowest BCUT2D eigenvalue weighted by Gasteiger charge is -2.23. The molecule has 0 bridgehead atoms. The molecule has 0 aromatic heterocycles. The van der Waals surface area contributed by atoms with Crippen LogP contribution in [0.3, 0.4) is 0 Å². The van der Waals surface area contributed by atoms with Gasteiger partial charge in [-0.3, -0.25) is 9.10 Å². The first kappa shape index (κ1) is 24.3. The van der Waals surface area contributed by atoms with Gasteiger partial charge in [0.25, 0.3) is 15.9 Å². The Balaban J connectivity index is 1.97. The van der Waals surface area contributed by atoms with Crippen LogP contribution in [0.1, 0.15) is 15.9 Å². The first-order chi connectivity index (χ1) is 15.7. The van der Waals surface area contributed by atoms with Gasteiger partial charge in [-0.25, -0.2) is 12.8 Å². The van der Waals surface area contributed by atoms with Gasteiger partial charge in [-0.1, -0.05) is 23.7 Å². The van der Waals surface area contributed by atoms with Gasteiger partial charge in [-0.05, 0) is 67.1 Å². The van der Waals surface area contributed by atoms with Crippen LogP contribution in [0, 0.1) is 12.7 Å². The van der Waals surface area contributed by atoms with E-state index in [-0.39, 0.29) is 27.7 Å². The summed E-state index contributed by atoms with van der Waals surface area (Å²) in [5.74, 6) is -0.567. The molecule has 0 fully saturated rings. The molecule has 6 nitrogen and oxygen atoms in total. The standard InChI is InChI=1S/C24H22ClFN2O4S/c1-4-13-28(18-7-9-19(32-3)10-8-18)33(30,31)20-11-12-22(25)21(15-20)24(29)27-17-6-5-16(2)23(26)14-17/h4-12,14-15H,1,13H2,2-3H3,(H,27,29). The van der Waals surface area contributed by atoms with E-state index >= 15 is 0 Å². The maximum Gasteiger partial charge on any atom is 0.264 e. The number of methoxy groups -OCH3 is 1. The lowest BCUT2D eigenvalue weighted by molar-refractivity contribution is 0.102. The maximum absolute atomic E-state index is 13.8. The van der Waals surface area contributed by atoms with Crippen molar-refractivity contribution in [3.63, 3.8) is 0 Å². The quantitative estimate of drug-likeness (QED) is 0.429. The van der Waals surface area contributed by atoms with E-state index in [0.717, 1.165) is 4.31 Å². The predicted molar refractivity (Wildman–Crippen MR) is 128 cm³/mol. The van der Waals surface area contributed by atoms with E-state index in [1.54, 1.807) is 37.3 Å². The number of amides is 1. The van der Waals surface area contributed by atoms with Crippen molar-refractivity contribution in [3.8, 4) is 5.75 Å². The minimum absolute atomic E-state index is 0.00145. The molecule has 1 N–H and O–H groups in total. The van der Waals surface area contributed by atoms with Crippen molar-refractivity contribution in [1.29, 1.82) is 0 Å². The van der Waals surface area contributed by atoms with Crippen LogP contribution in [0.15, 0.2) is 78.2 Å². The van der Waals surface area contributed by atoms with E-state index in [0.29, 0.717) is 17.0 Å². The summed E-state index contributed by atoms with van der Waals surface area (Å²) in [7, 11) is -2.56. The highest BCUT2D eigenvalue weighted by Gasteiger charge is 2.26. The van der Waals surface area contributed by atoms with Gasteiger partial charge in [0, 0.05) is 5.69 Å². The molecule has 0 heterocycles. The monoisotopic (exact) mass is 488 g/mol. The molecule has 0 spiro atoms. The highest BCUT2D eigenvalue weighted by molar-refractivity contribution is 7.92. The SMILES string of the molecule is C=CCN(c1ccc(OC)cc1)S(=O)(=O)c1ccc(Cl)c(C(=O)Nc2ccc(C)c(F)c2)c1. The van der Waals surface area contributed by atoms with Gasteiger partial charge in [0.15, 0.2) is 0 Å². The molecule has 172 valence electrons. The van der Waals surface area contributed by atoms with Gasteiger partial charge >= 0.3 is 0 Å². The van der Waals surface area contributed by atoms with Crippen LogP contribution in [-0.4, -0.2) is 28.0 Å². The summed E-state index contributed by atoms with van der Waals surface area (Å²) in [6, 6.07) is 14.6. The van der Waals surface area contributed by atoms with Gasteiger partial charge in [-0.15, -0.1) is 6.58 Å². The topological polar surface area (TPSA) is 75.7 Å². The molecule has 9 heteroatoms. The smallest absolute Gasteiger partial charge is 0.264 e. The van der Waals surface area contributed by atoms with E-state index < -0.39 is 21.7 Å². The van der Waals surface area contributed by atoms with Crippen molar-refractivity contribution >= 4 is 38.9 Å². The zero-order valence-corrected chi connectivity index (χ0v) is 19.6. The van der Waals surface area contributed by atoms with Crippen LogP contribution in [0.2, 0.25) is 5.02 Å². The summed E-state index contributed by atoms with van der Waals surface area (Å²) in [6.07, 6.45) is 1.46. The second-order valence-corrected chi connectivity index (χ2v) is 9.35. The number of hydrogen-bond acceptors (Lipinski definition) is 4. The molecule has 0 saturated heterocycles. The number of nitrogens with one attached hydrogen (secondary N) is 1. The fourth-order valence-electron chi connectivity index (χ4n) is 3.04. The number of nitrogens with zero attached hydrogens (tertiary/aromatic N) is 1. The number of halogens is 2. The summed E-state index contributed by atoms with van der Waals surface area (Å²) in [5, 5.41) is 2.60. The minimum Gasteiger partial charge on any atom is -0.497 e. The fraction of sp³-hybridized carbons (Fsp3) is 0.125. The first-order valence-corrected chi connectivity index (χ1v) is 11.6. The van der Waals surface area contributed by atoms with Crippen molar-refractivity contribution in [2.75, 3.05) is 23.3 Å². The molecule has 0 unspecified atom stereocenters. The van der Waals surface area contributed by atoms with E-state index in [9.17, 15) is 17.6 Å². The Morgan fingerprint density at radius 1 is 1.15 bits per heavy atom. The molecular weight excluding hydrogens is 467 g/mol. The zero-order chi connectivity index (χ0) is 24.2. The number of carbonyl (C=O) groups is 1. The van der Waals surface area contributed by atoms with Crippen LogP contribution in [-0.2, 0) is 10.0 Å². The fourth-order valence-corrected chi connectivity index (χ4v) is 4.71. The molecule has 1 amide bonds. The third kappa shape index (κ3) is 5.35. The Bertz CT molecular complexity index is 1290. The number of aryl methyl sites for hydroxylation is 1. The number of ether oxygens (including phenoxy) is 1. The number of rotatable bonds is 8. The van der Waals surface area contributed by atoms with Gasteiger partial charge in [-0.2, -0.15) is 0 Å². The molecule has 0 atom stereocenters. The normalized spacial score (nSPS) is 11.0. The molecule has 3 rings (SSSR count). The van der Waals surface area contributed by atoms with Crippen molar-refractivity contribution in [3.05, 3.63) is 95.3 Å². The first-order valence-electron chi connectivity index (χ1n) is 9.82. The van der Waals surface area contributed by atoms with Crippen molar-refractivity contribution in [2.45, 2.75) is 11.8 Å². The summed E-state index contributed by atoms with van der Waals surface area (Å²) in [5.41, 5.74) is 0.984. The van der Waals surface area contributed by atoms with E-state index in [2.05, 4.69) is 11.9 Å². The zero-order valence-electron chi connectivity index (χ0n) is 18.0. The van der Waals surface area contributed by atoms with Crippen molar-refractivity contribution in [2.24, 2.45) is 0 Å². The molecule has 0 aliphatic carbocycles. The van der Waals surface area contributed by atoms with Crippen LogP contribution in [0.25, 0.3) is 0 Å². The lowest BCUT2D eigenvalue weighted by Crippen LogP contribution is -2.31. The van der Waals surface area contributed by atoms with Crippen LogP contribution in [0.4, 0.5) is 15.8 Å². The van der Waals surface area contributed by atoms with E-state index in [1.165, 1.54) is 43.5 Å². The summed E-state index contributed by atoms with van der Waals surface area (Å²) in [4.78, 5) is 12.7. The summed E-state index contributed by atoms with van der Waals surface area (Å²) in [6.45, 7) is 5.24. The average molecular weight is 489 g/mol. The lowest BCUT2D eigenvalue weighted by atomic mass is 10.2. The number of hydrogen-bond donors (Lipinski definition) is 1. The van der Waals surface area contributed by atoms with Crippen LogP contribution >= 0.6 is 11.6 Å². The molecule has 0 aliphatic rings. The number of sulfonamides is 1. The van der Waals surface area contributed by atoms with Crippen LogP contribution < -0.4 is 14.4 Å². The molecule has 0 saturated carbocycles. The highest BCUT2D eigenvalue weighted by Crippen LogP contribution is 2.28. The second-order valence-electron chi connectivity index (χ2n) is 7.08. The maximum atomic E-state index is 13.8. The van der Waals surface area contributed by atoms with Gasteiger partial charge < -0.3 is 10.1 Å². The predicted octanol–water partition coefficient (Wildman–Crippen LogP) is 5.43. The Kier molecular flexibility index (Phi) is 7.40. The van der Waals surface area contributed by atoms with E-state index in [1.807, 2.05) is 0 Å². The Hall–Kier alpha value is -3.36. The van der Waals surface area contributed by atoms with Crippen molar-refractivity contribution in [1.82, 2.24) is 0 Å². The summed E-state index contributed by atoms with van der Waals surface area (Å²) < 4.78 is 47.0. The van der Waals surface area contributed by atoms with E-state index in [4.69, 9.17) is 16.3 Å². The molecule has 3 aromatic rings. The van der Waals surface area contributed by atoms with Crippen molar-refractivity contribution < 1.29 is 22.3 Å².